The first-order valence-electron chi connectivity index (χ1n) is 6.65. The van der Waals surface area contributed by atoms with E-state index >= 15 is 0 Å². The van der Waals surface area contributed by atoms with Gasteiger partial charge in [0.25, 0.3) is 5.91 Å². The average molecular weight is 284 g/mol. The molecule has 108 valence electrons. The predicted octanol–water partition coefficient (Wildman–Crippen LogP) is 2.44. The van der Waals surface area contributed by atoms with Crippen LogP contribution in [-0.4, -0.2) is 23.5 Å². The maximum atomic E-state index is 11.7. The number of ether oxygens (including phenoxy) is 1. The quantitative estimate of drug-likeness (QED) is 0.856. The van der Waals surface area contributed by atoms with Crippen molar-refractivity contribution >= 4 is 17.6 Å². The van der Waals surface area contributed by atoms with Gasteiger partial charge < -0.3 is 10.1 Å². The lowest BCUT2D eigenvalue weighted by atomic mass is 10.1. The molecule has 1 N–H and O–H groups in total. The molecule has 21 heavy (non-hydrogen) atoms. The van der Waals surface area contributed by atoms with Gasteiger partial charge in [-0.25, -0.2) is 4.79 Å². The standard InChI is InChI=1S/C16H16N2O3/c1-2-12-5-7-14(8-6-12)18-15(19)11-21-16(20)13-4-3-9-17-10-13/h3-10H,2,11H2,1H3,(H,18,19). The first kappa shape index (κ1) is 14.7. The molecule has 0 aliphatic rings. The number of anilines is 1. The first-order chi connectivity index (χ1) is 10.2. The smallest absolute Gasteiger partial charge is 0.340 e. The monoisotopic (exact) mass is 284 g/mol. The van der Waals surface area contributed by atoms with E-state index in [2.05, 4.69) is 17.2 Å². The number of amides is 1. The van der Waals surface area contributed by atoms with Crippen molar-refractivity contribution in [3.8, 4) is 0 Å². The zero-order chi connectivity index (χ0) is 15.1. The lowest BCUT2D eigenvalue weighted by molar-refractivity contribution is -0.119. The van der Waals surface area contributed by atoms with E-state index in [0.717, 1.165) is 6.42 Å². The number of aryl methyl sites for hydroxylation is 1. The van der Waals surface area contributed by atoms with Crippen LogP contribution in [0.3, 0.4) is 0 Å². The minimum atomic E-state index is -0.570. The highest BCUT2D eigenvalue weighted by molar-refractivity contribution is 5.95. The molecule has 0 saturated carbocycles. The summed E-state index contributed by atoms with van der Waals surface area (Å²) in [5.41, 5.74) is 2.18. The van der Waals surface area contributed by atoms with Crippen LogP contribution in [0.2, 0.25) is 0 Å². The van der Waals surface area contributed by atoms with Gasteiger partial charge in [0.2, 0.25) is 0 Å². The Labute approximate surface area is 123 Å². The molecular formula is C16H16N2O3. The van der Waals surface area contributed by atoms with Crippen molar-refractivity contribution in [2.75, 3.05) is 11.9 Å². The molecule has 2 aromatic rings. The van der Waals surface area contributed by atoms with Gasteiger partial charge in [0.15, 0.2) is 6.61 Å². The van der Waals surface area contributed by atoms with E-state index in [9.17, 15) is 9.59 Å². The summed E-state index contributed by atoms with van der Waals surface area (Å²) in [7, 11) is 0. The van der Waals surface area contributed by atoms with Crippen molar-refractivity contribution in [2.45, 2.75) is 13.3 Å². The number of esters is 1. The Bertz CT molecular complexity index is 609. The average Bonchev–Trinajstić information content (AvgIpc) is 2.54. The van der Waals surface area contributed by atoms with Crippen LogP contribution in [0.5, 0.6) is 0 Å². The number of aromatic nitrogens is 1. The normalized spacial score (nSPS) is 9.95. The Morgan fingerprint density at radius 3 is 2.57 bits per heavy atom. The third-order valence-electron chi connectivity index (χ3n) is 2.88. The molecule has 0 radical (unpaired) electrons. The topological polar surface area (TPSA) is 68.3 Å². The minimum Gasteiger partial charge on any atom is -0.452 e. The summed E-state index contributed by atoms with van der Waals surface area (Å²) < 4.78 is 4.92. The van der Waals surface area contributed by atoms with Gasteiger partial charge in [-0.15, -0.1) is 0 Å². The Balaban J connectivity index is 1.83. The highest BCUT2D eigenvalue weighted by atomic mass is 16.5. The molecule has 0 spiro atoms. The van der Waals surface area contributed by atoms with E-state index in [1.807, 2.05) is 24.3 Å². The number of rotatable bonds is 5. The van der Waals surface area contributed by atoms with E-state index in [1.54, 1.807) is 18.3 Å². The second-order valence-electron chi connectivity index (χ2n) is 4.42. The Kier molecular flexibility index (Phi) is 5.04. The van der Waals surface area contributed by atoms with Gasteiger partial charge in [-0.05, 0) is 36.2 Å². The summed E-state index contributed by atoms with van der Waals surface area (Å²) in [6.45, 7) is 1.73. The maximum absolute atomic E-state index is 11.7. The molecule has 1 heterocycles. The van der Waals surface area contributed by atoms with Crippen LogP contribution < -0.4 is 5.32 Å². The van der Waals surface area contributed by atoms with Gasteiger partial charge in [-0.1, -0.05) is 19.1 Å². The molecule has 0 fully saturated rings. The number of nitrogens with zero attached hydrogens (tertiary/aromatic N) is 1. The molecular weight excluding hydrogens is 268 g/mol. The molecule has 0 saturated heterocycles. The summed E-state index contributed by atoms with van der Waals surface area (Å²) in [4.78, 5) is 27.2. The molecule has 1 aromatic carbocycles. The van der Waals surface area contributed by atoms with Crippen LogP contribution in [0.1, 0.15) is 22.8 Å². The van der Waals surface area contributed by atoms with Gasteiger partial charge in [0, 0.05) is 18.1 Å². The highest BCUT2D eigenvalue weighted by Gasteiger charge is 2.10. The molecule has 0 atom stereocenters. The SMILES string of the molecule is CCc1ccc(NC(=O)COC(=O)c2cccnc2)cc1. The van der Waals surface area contributed by atoms with Crippen molar-refractivity contribution in [1.82, 2.24) is 4.98 Å². The fourth-order valence-electron chi connectivity index (χ4n) is 1.72. The zero-order valence-electron chi connectivity index (χ0n) is 11.7. The summed E-state index contributed by atoms with van der Waals surface area (Å²) in [5.74, 6) is -0.948. The summed E-state index contributed by atoms with van der Waals surface area (Å²) in [6.07, 6.45) is 3.89. The van der Waals surface area contributed by atoms with Gasteiger partial charge in [-0.3, -0.25) is 9.78 Å². The van der Waals surface area contributed by atoms with Crippen LogP contribution >= 0.6 is 0 Å². The second kappa shape index (κ2) is 7.19. The number of hydrogen-bond acceptors (Lipinski definition) is 4. The lowest BCUT2D eigenvalue weighted by Gasteiger charge is -2.07. The zero-order valence-corrected chi connectivity index (χ0v) is 11.7. The maximum Gasteiger partial charge on any atom is 0.340 e. The van der Waals surface area contributed by atoms with Gasteiger partial charge in [0.1, 0.15) is 0 Å². The highest BCUT2D eigenvalue weighted by Crippen LogP contribution is 2.09. The van der Waals surface area contributed by atoms with Gasteiger partial charge >= 0.3 is 5.97 Å². The van der Waals surface area contributed by atoms with Crippen molar-refractivity contribution in [1.29, 1.82) is 0 Å². The van der Waals surface area contributed by atoms with Crippen molar-refractivity contribution in [2.24, 2.45) is 0 Å². The molecule has 0 unspecified atom stereocenters. The molecule has 1 amide bonds. The largest absolute Gasteiger partial charge is 0.452 e. The van der Waals surface area contributed by atoms with Crippen molar-refractivity contribution in [3.05, 3.63) is 59.9 Å². The number of nitrogens with one attached hydrogen (secondary N) is 1. The van der Waals surface area contributed by atoms with Crippen molar-refractivity contribution < 1.29 is 14.3 Å². The molecule has 0 bridgehead atoms. The third kappa shape index (κ3) is 4.42. The fourth-order valence-corrected chi connectivity index (χ4v) is 1.72. The Hall–Kier alpha value is -2.69. The molecule has 1 aromatic heterocycles. The van der Waals surface area contributed by atoms with E-state index < -0.39 is 5.97 Å². The summed E-state index contributed by atoms with van der Waals surface area (Å²) in [6, 6.07) is 10.7. The van der Waals surface area contributed by atoms with Crippen LogP contribution in [0.25, 0.3) is 0 Å². The molecule has 0 aliphatic heterocycles. The molecule has 2 rings (SSSR count). The van der Waals surface area contributed by atoms with Gasteiger partial charge in [0.05, 0.1) is 5.56 Å². The molecule has 5 nitrogen and oxygen atoms in total. The lowest BCUT2D eigenvalue weighted by Crippen LogP contribution is -2.20. The molecule has 5 heteroatoms. The fraction of sp³-hybridized carbons (Fsp3) is 0.188. The summed E-state index contributed by atoms with van der Waals surface area (Å²) in [5, 5.41) is 2.67. The number of carbonyl (C=O) groups is 2. The molecule has 0 aliphatic carbocycles. The minimum absolute atomic E-state index is 0.317. The van der Waals surface area contributed by atoms with Gasteiger partial charge in [-0.2, -0.15) is 0 Å². The van der Waals surface area contributed by atoms with Crippen LogP contribution in [0.4, 0.5) is 5.69 Å². The Morgan fingerprint density at radius 1 is 1.19 bits per heavy atom. The predicted molar refractivity (Wildman–Crippen MR) is 79.0 cm³/mol. The first-order valence-corrected chi connectivity index (χ1v) is 6.65. The third-order valence-corrected chi connectivity index (χ3v) is 2.88. The van der Waals surface area contributed by atoms with Crippen LogP contribution in [0.15, 0.2) is 48.8 Å². The van der Waals surface area contributed by atoms with Crippen LogP contribution in [-0.2, 0) is 16.0 Å². The van der Waals surface area contributed by atoms with E-state index in [4.69, 9.17) is 4.74 Å². The number of pyridine rings is 1. The second-order valence-corrected chi connectivity index (χ2v) is 4.42. The van der Waals surface area contributed by atoms with Crippen LogP contribution in [0, 0.1) is 0 Å². The number of hydrogen-bond donors (Lipinski definition) is 1. The van der Waals surface area contributed by atoms with E-state index in [1.165, 1.54) is 11.8 Å². The van der Waals surface area contributed by atoms with E-state index in [-0.39, 0.29) is 12.5 Å². The van der Waals surface area contributed by atoms with E-state index in [0.29, 0.717) is 11.3 Å². The number of benzene rings is 1. The summed E-state index contributed by atoms with van der Waals surface area (Å²) >= 11 is 0. The Morgan fingerprint density at radius 2 is 1.95 bits per heavy atom. The van der Waals surface area contributed by atoms with Crippen molar-refractivity contribution in [3.63, 3.8) is 0 Å². The number of carbonyl (C=O) groups excluding carboxylic acids is 2.